The first-order chi connectivity index (χ1) is 6.22. The van der Waals surface area contributed by atoms with Gasteiger partial charge in [0.05, 0.1) is 0 Å². The van der Waals surface area contributed by atoms with Gasteiger partial charge in [0.15, 0.2) is 0 Å². The van der Waals surface area contributed by atoms with Crippen LogP contribution in [0.3, 0.4) is 0 Å². The molecule has 13 heavy (non-hydrogen) atoms. The molecular formula is C11H17NO. The third-order valence-corrected chi connectivity index (χ3v) is 1.95. The lowest BCUT2D eigenvalue weighted by atomic mass is 10.0. The van der Waals surface area contributed by atoms with Gasteiger partial charge < -0.3 is 5.21 Å². The first kappa shape index (κ1) is 10.2. The van der Waals surface area contributed by atoms with Gasteiger partial charge in [0.25, 0.3) is 0 Å². The zero-order valence-electron chi connectivity index (χ0n) is 8.25. The van der Waals surface area contributed by atoms with Crippen LogP contribution in [0.4, 0.5) is 0 Å². The Bertz CT molecular complexity index is 241. The van der Waals surface area contributed by atoms with Crippen molar-refractivity contribution in [1.29, 1.82) is 0 Å². The average Bonchev–Trinajstić information content (AvgIpc) is 2.08. The Labute approximate surface area is 79.6 Å². The third kappa shape index (κ3) is 3.57. The highest BCUT2D eigenvalue weighted by atomic mass is 16.5. The van der Waals surface area contributed by atoms with E-state index in [1.54, 1.807) is 0 Å². The standard InChI is InChI=1S/C11H17NO/c1-9(2)7-10-3-5-11(6-4-10)8-12-13/h3-6,9,12-13H,7-8H2,1-2H3. The van der Waals surface area contributed by atoms with E-state index in [2.05, 4.69) is 31.5 Å². The lowest BCUT2D eigenvalue weighted by Gasteiger charge is -2.05. The normalized spacial score (nSPS) is 10.8. The van der Waals surface area contributed by atoms with Crippen molar-refractivity contribution < 1.29 is 5.21 Å². The molecule has 0 aliphatic carbocycles. The molecular weight excluding hydrogens is 162 g/mol. The zero-order chi connectivity index (χ0) is 9.68. The summed E-state index contributed by atoms with van der Waals surface area (Å²) in [6.45, 7) is 4.94. The number of benzene rings is 1. The largest absolute Gasteiger partial charge is 0.316 e. The van der Waals surface area contributed by atoms with Crippen molar-refractivity contribution in [2.75, 3.05) is 0 Å². The van der Waals surface area contributed by atoms with E-state index in [4.69, 9.17) is 5.21 Å². The fourth-order valence-corrected chi connectivity index (χ4v) is 1.36. The molecule has 0 amide bonds. The first-order valence-corrected chi connectivity index (χ1v) is 4.67. The van der Waals surface area contributed by atoms with Crippen LogP contribution in [0.15, 0.2) is 24.3 Å². The van der Waals surface area contributed by atoms with Crippen molar-refractivity contribution in [2.24, 2.45) is 5.92 Å². The van der Waals surface area contributed by atoms with Gasteiger partial charge in [-0.1, -0.05) is 38.1 Å². The molecule has 72 valence electrons. The second kappa shape index (κ2) is 5.00. The molecule has 0 spiro atoms. The molecule has 0 aliphatic rings. The number of rotatable bonds is 4. The number of hydrogen-bond acceptors (Lipinski definition) is 2. The molecule has 1 aromatic carbocycles. The summed E-state index contributed by atoms with van der Waals surface area (Å²) in [6.07, 6.45) is 1.12. The minimum Gasteiger partial charge on any atom is -0.316 e. The van der Waals surface area contributed by atoms with Crippen LogP contribution in [0.5, 0.6) is 0 Å². The van der Waals surface area contributed by atoms with Crippen molar-refractivity contribution in [1.82, 2.24) is 5.48 Å². The van der Waals surface area contributed by atoms with Gasteiger partial charge in [0.2, 0.25) is 0 Å². The zero-order valence-corrected chi connectivity index (χ0v) is 8.25. The first-order valence-electron chi connectivity index (χ1n) is 4.67. The van der Waals surface area contributed by atoms with Crippen molar-refractivity contribution in [3.05, 3.63) is 35.4 Å². The molecule has 0 unspecified atom stereocenters. The van der Waals surface area contributed by atoms with Crippen LogP contribution in [0.2, 0.25) is 0 Å². The van der Waals surface area contributed by atoms with E-state index in [-0.39, 0.29) is 0 Å². The SMILES string of the molecule is CC(C)Cc1ccc(CNO)cc1. The van der Waals surface area contributed by atoms with Crippen LogP contribution in [-0.2, 0) is 13.0 Å². The van der Waals surface area contributed by atoms with Gasteiger partial charge in [-0.25, -0.2) is 5.48 Å². The van der Waals surface area contributed by atoms with Gasteiger partial charge in [-0.15, -0.1) is 0 Å². The molecule has 0 bridgehead atoms. The highest BCUT2D eigenvalue weighted by Crippen LogP contribution is 2.09. The Kier molecular flexibility index (Phi) is 3.93. The Balaban J connectivity index is 2.59. The molecule has 2 heteroatoms. The maximum Gasteiger partial charge on any atom is 0.0458 e. The Hall–Kier alpha value is -0.860. The van der Waals surface area contributed by atoms with Crippen LogP contribution in [0.25, 0.3) is 0 Å². The summed E-state index contributed by atoms with van der Waals surface area (Å²) in [5.41, 5.74) is 4.61. The molecule has 2 nitrogen and oxygen atoms in total. The molecule has 0 aliphatic heterocycles. The average molecular weight is 179 g/mol. The fourth-order valence-electron chi connectivity index (χ4n) is 1.36. The van der Waals surface area contributed by atoms with Gasteiger partial charge in [-0.05, 0) is 23.5 Å². The second-order valence-electron chi connectivity index (χ2n) is 3.75. The molecule has 1 rings (SSSR count). The van der Waals surface area contributed by atoms with Gasteiger partial charge in [-0.2, -0.15) is 0 Å². The van der Waals surface area contributed by atoms with Crippen LogP contribution < -0.4 is 5.48 Å². The fraction of sp³-hybridized carbons (Fsp3) is 0.455. The second-order valence-corrected chi connectivity index (χ2v) is 3.75. The molecule has 0 saturated heterocycles. The Morgan fingerprint density at radius 2 is 1.69 bits per heavy atom. The van der Waals surface area contributed by atoms with Gasteiger partial charge in [-0.3, -0.25) is 0 Å². The number of hydroxylamine groups is 1. The Morgan fingerprint density at radius 1 is 1.15 bits per heavy atom. The molecule has 0 radical (unpaired) electrons. The number of hydrogen-bond donors (Lipinski definition) is 2. The quantitative estimate of drug-likeness (QED) is 0.695. The summed E-state index contributed by atoms with van der Waals surface area (Å²) in [4.78, 5) is 0. The van der Waals surface area contributed by atoms with Crippen LogP contribution in [0.1, 0.15) is 25.0 Å². The topological polar surface area (TPSA) is 32.3 Å². The van der Waals surface area contributed by atoms with E-state index in [1.807, 2.05) is 12.1 Å². The third-order valence-electron chi connectivity index (χ3n) is 1.95. The summed E-state index contributed by atoms with van der Waals surface area (Å²) in [7, 11) is 0. The molecule has 0 fully saturated rings. The smallest absolute Gasteiger partial charge is 0.0458 e. The van der Waals surface area contributed by atoms with E-state index < -0.39 is 0 Å². The Morgan fingerprint density at radius 3 is 2.15 bits per heavy atom. The lowest BCUT2D eigenvalue weighted by Crippen LogP contribution is -2.05. The van der Waals surface area contributed by atoms with E-state index >= 15 is 0 Å². The maximum absolute atomic E-state index is 8.48. The summed E-state index contributed by atoms with van der Waals surface area (Å²) in [5, 5.41) is 8.48. The minimum atomic E-state index is 0.516. The van der Waals surface area contributed by atoms with Crippen molar-refractivity contribution >= 4 is 0 Å². The molecule has 0 atom stereocenters. The van der Waals surface area contributed by atoms with Gasteiger partial charge in [0.1, 0.15) is 0 Å². The molecule has 0 heterocycles. The van der Waals surface area contributed by atoms with Crippen LogP contribution >= 0.6 is 0 Å². The molecule has 0 aromatic heterocycles. The minimum absolute atomic E-state index is 0.516. The summed E-state index contributed by atoms with van der Waals surface area (Å²) >= 11 is 0. The predicted molar refractivity (Wildman–Crippen MR) is 53.6 cm³/mol. The van der Waals surface area contributed by atoms with Crippen LogP contribution in [0, 0.1) is 5.92 Å². The number of nitrogens with one attached hydrogen (secondary N) is 1. The lowest BCUT2D eigenvalue weighted by molar-refractivity contribution is 0.161. The van der Waals surface area contributed by atoms with E-state index in [1.165, 1.54) is 5.56 Å². The summed E-state index contributed by atoms with van der Waals surface area (Å²) in [5.74, 6) is 0.696. The summed E-state index contributed by atoms with van der Waals surface area (Å²) in [6, 6.07) is 8.32. The predicted octanol–water partition coefficient (Wildman–Crippen LogP) is 2.36. The maximum atomic E-state index is 8.48. The van der Waals surface area contributed by atoms with Crippen molar-refractivity contribution in [3.8, 4) is 0 Å². The van der Waals surface area contributed by atoms with Crippen molar-refractivity contribution in [2.45, 2.75) is 26.8 Å². The summed E-state index contributed by atoms with van der Waals surface area (Å²) < 4.78 is 0. The monoisotopic (exact) mass is 179 g/mol. The van der Waals surface area contributed by atoms with E-state index in [9.17, 15) is 0 Å². The van der Waals surface area contributed by atoms with Gasteiger partial charge >= 0.3 is 0 Å². The van der Waals surface area contributed by atoms with E-state index in [0.29, 0.717) is 12.5 Å². The highest BCUT2D eigenvalue weighted by Gasteiger charge is 1.97. The highest BCUT2D eigenvalue weighted by molar-refractivity contribution is 5.22. The molecule has 0 saturated carbocycles. The molecule has 2 N–H and O–H groups in total. The van der Waals surface area contributed by atoms with Crippen LogP contribution in [-0.4, -0.2) is 5.21 Å². The van der Waals surface area contributed by atoms with Gasteiger partial charge in [0, 0.05) is 6.54 Å². The molecule has 1 aromatic rings. The van der Waals surface area contributed by atoms with E-state index in [0.717, 1.165) is 12.0 Å². The van der Waals surface area contributed by atoms with Crippen molar-refractivity contribution in [3.63, 3.8) is 0 Å².